The van der Waals surface area contributed by atoms with Gasteiger partial charge in [0.05, 0.1) is 6.20 Å². The number of aromatic nitrogens is 4. The van der Waals surface area contributed by atoms with Crippen LogP contribution in [0.5, 0.6) is 0 Å². The average Bonchev–Trinajstić information content (AvgIpc) is 2.88. The Hall–Kier alpha value is -2.31. The molecule has 1 amide bonds. The van der Waals surface area contributed by atoms with Crippen LogP contribution in [0.1, 0.15) is 16.2 Å². The summed E-state index contributed by atoms with van der Waals surface area (Å²) in [4.78, 5) is 15.8. The second-order valence-electron chi connectivity index (χ2n) is 3.66. The standard InChI is InChI=1S/C10H14N6O/c1-16-5-4-12-8(16)2-3-13-10(17)7-6-14-15-9(7)11/h4-6H,2-3H2,1H3,(H,13,17)(H3,11,14,15). The molecule has 2 rings (SSSR count). The first-order chi connectivity index (χ1) is 8.18. The van der Waals surface area contributed by atoms with E-state index in [2.05, 4.69) is 20.5 Å². The number of imidazole rings is 1. The highest BCUT2D eigenvalue weighted by molar-refractivity contribution is 5.98. The second kappa shape index (κ2) is 4.69. The molecule has 0 aliphatic carbocycles. The van der Waals surface area contributed by atoms with Gasteiger partial charge in [0.25, 0.3) is 5.91 Å². The first kappa shape index (κ1) is 11.2. The lowest BCUT2D eigenvalue weighted by Crippen LogP contribution is -2.26. The maximum atomic E-state index is 11.7. The van der Waals surface area contributed by atoms with E-state index in [-0.39, 0.29) is 11.7 Å². The van der Waals surface area contributed by atoms with Crippen molar-refractivity contribution < 1.29 is 4.79 Å². The zero-order valence-corrected chi connectivity index (χ0v) is 9.47. The van der Waals surface area contributed by atoms with Gasteiger partial charge in [-0.3, -0.25) is 9.89 Å². The van der Waals surface area contributed by atoms with Gasteiger partial charge in [0.2, 0.25) is 0 Å². The van der Waals surface area contributed by atoms with Crippen LogP contribution in [0, 0.1) is 0 Å². The molecule has 7 nitrogen and oxygen atoms in total. The van der Waals surface area contributed by atoms with Crippen LogP contribution < -0.4 is 11.1 Å². The van der Waals surface area contributed by atoms with E-state index < -0.39 is 0 Å². The highest BCUT2D eigenvalue weighted by atomic mass is 16.1. The Morgan fingerprint density at radius 1 is 1.65 bits per heavy atom. The van der Waals surface area contributed by atoms with Gasteiger partial charge in [-0.15, -0.1) is 0 Å². The van der Waals surface area contributed by atoms with Gasteiger partial charge in [-0.25, -0.2) is 4.98 Å². The fraction of sp³-hybridized carbons (Fsp3) is 0.300. The molecule has 0 spiro atoms. The fourth-order valence-corrected chi connectivity index (χ4v) is 1.50. The van der Waals surface area contributed by atoms with Gasteiger partial charge in [-0.05, 0) is 0 Å². The molecule has 0 bridgehead atoms. The summed E-state index contributed by atoms with van der Waals surface area (Å²) in [7, 11) is 1.91. The maximum Gasteiger partial charge on any atom is 0.256 e. The van der Waals surface area contributed by atoms with Crippen LogP contribution in [-0.4, -0.2) is 32.2 Å². The molecule has 0 aliphatic rings. The molecule has 0 saturated carbocycles. The lowest BCUT2D eigenvalue weighted by Gasteiger charge is -2.04. The smallest absolute Gasteiger partial charge is 0.256 e. The Kier molecular flexibility index (Phi) is 3.08. The molecule has 0 aliphatic heterocycles. The van der Waals surface area contributed by atoms with Gasteiger partial charge < -0.3 is 15.6 Å². The summed E-state index contributed by atoms with van der Waals surface area (Å²) in [5.74, 6) is 0.968. The minimum Gasteiger partial charge on any atom is -0.383 e. The largest absolute Gasteiger partial charge is 0.383 e. The number of carbonyl (C=O) groups excluding carboxylic acids is 1. The summed E-state index contributed by atoms with van der Waals surface area (Å²) in [6.07, 6.45) is 5.68. The first-order valence-corrected chi connectivity index (χ1v) is 5.21. The molecule has 0 fully saturated rings. The Bertz CT molecular complexity index is 514. The van der Waals surface area contributed by atoms with Gasteiger partial charge >= 0.3 is 0 Å². The van der Waals surface area contributed by atoms with Crippen molar-refractivity contribution in [1.82, 2.24) is 25.1 Å². The molecular formula is C10H14N6O. The maximum absolute atomic E-state index is 11.7. The Labute approximate surface area is 98.0 Å². The number of carbonyl (C=O) groups is 1. The number of aromatic amines is 1. The van der Waals surface area contributed by atoms with Crippen LogP contribution >= 0.6 is 0 Å². The summed E-state index contributed by atoms with van der Waals surface area (Å²) in [6, 6.07) is 0. The molecule has 7 heteroatoms. The minimum absolute atomic E-state index is 0.231. The Morgan fingerprint density at radius 2 is 2.47 bits per heavy atom. The van der Waals surface area contributed by atoms with Crippen LogP contribution in [-0.2, 0) is 13.5 Å². The average molecular weight is 234 g/mol. The molecule has 0 unspecified atom stereocenters. The first-order valence-electron chi connectivity index (χ1n) is 5.21. The monoisotopic (exact) mass is 234 g/mol. The van der Waals surface area contributed by atoms with E-state index >= 15 is 0 Å². The third kappa shape index (κ3) is 2.44. The predicted octanol–water partition coefficient (Wildman–Crippen LogP) is -0.302. The third-order valence-corrected chi connectivity index (χ3v) is 2.47. The number of aryl methyl sites for hydroxylation is 1. The van der Waals surface area contributed by atoms with Gasteiger partial charge in [0.15, 0.2) is 0 Å². The van der Waals surface area contributed by atoms with E-state index in [0.717, 1.165) is 5.82 Å². The lowest BCUT2D eigenvalue weighted by atomic mass is 10.3. The molecule has 0 saturated heterocycles. The number of anilines is 1. The predicted molar refractivity (Wildman–Crippen MR) is 62.2 cm³/mol. The number of hydrogen-bond donors (Lipinski definition) is 3. The molecular weight excluding hydrogens is 220 g/mol. The van der Waals surface area contributed by atoms with E-state index in [1.54, 1.807) is 6.20 Å². The van der Waals surface area contributed by atoms with Crippen molar-refractivity contribution in [2.24, 2.45) is 7.05 Å². The van der Waals surface area contributed by atoms with Gasteiger partial charge in [0.1, 0.15) is 17.2 Å². The molecule has 0 radical (unpaired) electrons. The Balaban J connectivity index is 1.86. The van der Waals surface area contributed by atoms with Gasteiger partial charge in [0, 0.05) is 32.4 Å². The van der Waals surface area contributed by atoms with Crippen molar-refractivity contribution in [1.29, 1.82) is 0 Å². The van der Waals surface area contributed by atoms with Crippen molar-refractivity contribution in [3.05, 3.63) is 30.0 Å². The van der Waals surface area contributed by atoms with Crippen molar-refractivity contribution in [2.45, 2.75) is 6.42 Å². The summed E-state index contributed by atoms with van der Waals surface area (Å²) in [6.45, 7) is 0.508. The van der Waals surface area contributed by atoms with Crippen molar-refractivity contribution in [3.8, 4) is 0 Å². The molecule has 17 heavy (non-hydrogen) atoms. The van der Waals surface area contributed by atoms with Crippen LogP contribution in [0.25, 0.3) is 0 Å². The topological polar surface area (TPSA) is 102 Å². The minimum atomic E-state index is -0.231. The highest BCUT2D eigenvalue weighted by Gasteiger charge is 2.10. The summed E-state index contributed by atoms with van der Waals surface area (Å²) in [5, 5.41) is 8.96. The van der Waals surface area contributed by atoms with E-state index in [1.165, 1.54) is 6.20 Å². The van der Waals surface area contributed by atoms with Gasteiger partial charge in [-0.1, -0.05) is 0 Å². The van der Waals surface area contributed by atoms with Crippen LogP contribution in [0.3, 0.4) is 0 Å². The Morgan fingerprint density at radius 3 is 3.06 bits per heavy atom. The van der Waals surface area contributed by atoms with Gasteiger partial charge in [-0.2, -0.15) is 5.10 Å². The fourth-order valence-electron chi connectivity index (χ4n) is 1.50. The van der Waals surface area contributed by atoms with E-state index in [1.807, 2.05) is 17.8 Å². The number of nitrogen functional groups attached to an aromatic ring is 1. The molecule has 2 aromatic heterocycles. The molecule has 2 aromatic rings. The number of hydrogen-bond acceptors (Lipinski definition) is 4. The molecule has 90 valence electrons. The normalized spacial score (nSPS) is 10.4. The van der Waals surface area contributed by atoms with Crippen molar-refractivity contribution in [3.63, 3.8) is 0 Å². The summed E-state index contributed by atoms with van der Waals surface area (Å²) >= 11 is 0. The number of rotatable bonds is 4. The van der Waals surface area contributed by atoms with Crippen LogP contribution in [0.2, 0.25) is 0 Å². The number of nitrogens with zero attached hydrogens (tertiary/aromatic N) is 3. The van der Waals surface area contributed by atoms with Crippen molar-refractivity contribution in [2.75, 3.05) is 12.3 Å². The second-order valence-corrected chi connectivity index (χ2v) is 3.66. The number of nitrogens with two attached hydrogens (primary N) is 1. The van der Waals surface area contributed by atoms with Crippen LogP contribution in [0.4, 0.5) is 5.82 Å². The molecule has 2 heterocycles. The quantitative estimate of drug-likeness (QED) is 0.675. The number of H-pyrrole nitrogens is 1. The van der Waals surface area contributed by atoms with E-state index in [4.69, 9.17) is 5.73 Å². The zero-order chi connectivity index (χ0) is 12.3. The summed E-state index contributed by atoms with van der Waals surface area (Å²) < 4.78 is 1.92. The lowest BCUT2D eigenvalue weighted by molar-refractivity contribution is 0.0955. The zero-order valence-electron chi connectivity index (χ0n) is 9.47. The van der Waals surface area contributed by atoms with Crippen LogP contribution in [0.15, 0.2) is 18.6 Å². The molecule has 0 atom stereocenters. The number of amides is 1. The van der Waals surface area contributed by atoms with E-state index in [9.17, 15) is 4.79 Å². The molecule has 0 aromatic carbocycles. The van der Waals surface area contributed by atoms with Crippen molar-refractivity contribution >= 4 is 11.7 Å². The number of nitrogens with one attached hydrogen (secondary N) is 2. The summed E-state index contributed by atoms with van der Waals surface area (Å²) in [5.41, 5.74) is 5.90. The highest BCUT2D eigenvalue weighted by Crippen LogP contribution is 2.05. The molecule has 4 N–H and O–H groups in total. The SMILES string of the molecule is Cn1ccnc1CCNC(=O)c1cn[nH]c1N. The third-order valence-electron chi connectivity index (χ3n) is 2.47. The van der Waals surface area contributed by atoms with E-state index in [0.29, 0.717) is 18.5 Å².